The molecule has 2 aliphatic heterocycles. The summed E-state index contributed by atoms with van der Waals surface area (Å²) in [6.45, 7) is 4.85. The Bertz CT molecular complexity index is 1270. The molecule has 0 unspecified atom stereocenters. The number of benzene rings is 3. The molecule has 0 aliphatic carbocycles. The van der Waals surface area contributed by atoms with Crippen LogP contribution in [0.5, 0.6) is 0 Å². The number of imide groups is 1. The second kappa shape index (κ2) is 10.1. The highest BCUT2D eigenvalue weighted by molar-refractivity contribution is 6.09. The van der Waals surface area contributed by atoms with E-state index in [1.807, 2.05) is 72.8 Å². The number of rotatable bonds is 7. The number of carbonyl (C=O) groups excluding carboxylic acids is 3. The largest absolute Gasteiger partial charge is 0.379 e. The average molecular weight is 487 g/mol. The molecule has 2 atom stereocenters. The van der Waals surface area contributed by atoms with Crippen LogP contribution >= 0.6 is 0 Å². The highest BCUT2D eigenvalue weighted by atomic mass is 16.5. The van der Waals surface area contributed by atoms with Crippen molar-refractivity contribution in [2.75, 3.05) is 39.4 Å². The molecule has 186 valence electrons. The molecule has 0 spiro atoms. The second-order valence-corrected chi connectivity index (χ2v) is 9.45. The molecule has 0 saturated carbocycles. The summed E-state index contributed by atoms with van der Waals surface area (Å²) < 4.78 is 5.44. The normalized spacial score (nSPS) is 21.4. The molecule has 2 fully saturated rings. The smallest absolute Gasteiger partial charge is 0.325 e. The number of carbonyl (C=O) groups is 3. The van der Waals surface area contributed by atoms with Crippen LogP contribution in [0.1, 0.15) is 24.1 Å². The minimum Gasteiger partial charge on any atom is -0.379 e. The zero-order chi connectivity index (χ0) is 25.1. The van der Waals surface area contributed by atoms with Crippen molar-refractivity contribution in [2.45, 2.75) is 18.5 Å². The zero-order valence-corrected chi connectivity index (χ0v) is 20.3. The molecule has 3 aromatic rings. The van der Waals surface area contributed by atoms with Gasteiger partial charge in [-0.15, -0.1) is 0 Å². The summed E-state index contributed by atoms with van der Waals surface area (Å²) in [5.74, 6) is -0.828. The molecule has 0 radical (unpaired) electrons. The molecule has 36 heavy (non-hydrogen) atoms. The van der Waals surface area contributed by atoms with E-state index in [0.29, 0.717) is 25.3 Å². The molecule has 8 nitrogen and oxygen atoms in total. The van der Waals surface area contributed by atoms with Gasteiger partial charge in [0.2, 0.25) is 5.91 Å². The van der Waals surface area contributed by atoms with Crippen molar-refractivity contribution < 1.29 is 19.1 Å². The number of amides is 4. The third kappa shape index (κ3) is 4.82. The Labute approximate surface area is 210 Å². The molecular formula is C28H30N4O4. The molecule has 8 heteroatoms. The third-order valence-electron chi connectivity index (χ3n) is 6.99. The first-order valence-corrected chi connectivity index (χ1v) is 12.2. The number of hydrogen-bond donors (Lipinski definition) is 2. The van der Waals surface area contributed by atoms with E-state index in [2.05, 4.69) is 15.5 Å². The fourth-order valence-corrected chi connectivity index (χ4v) is 4.88. The number of nitrogens with zero attached hydrogens (tertiary/aromatic N) is 2. The molecular weight excluding hydrogens is 456 g/mol. The van der Waals surface area contributed by atoms with Gasteiger partial charge in [-0.1, -0.05) is 66.7 Å². The molecule has 0 aromatic heterocycles. The van der Waals surface area contributed by atoms with Crippen LogP contribution in [-0.4, -0.2) is 67.0 Å². The van der Waals surface area contributed by atoms with Gasteiger partial charge < -0.3 is 15.4 Å². The van der Waals surface area contributed by atoms with Gasteiger partial charge >= 0.3 is 6.03 Å². The summed E-state index contributed by atoms with van der Waals surface area (Å²) >= 11 is 0. The lowest BCUT2D eigenvalue weighted by Gasteiger charge is -2.31. The van der Waals surface area contributed by atoms with Crippen molar-refractivity contribution in [3.63, 3.8) is 0 Å². The fraction of sp³-hybridized carbons (Fsp3) is 0.321. The number of morpholine rings is 1. The van der Waals surface area contributed by atoms with Crippen LogP contribution in [0.25, 0.3) is 10.8 Å². The standard InChI is InChI=1S/C28H30N4O4/c1-28(23-12-11-20-7-5-6-10-22(20)17-23)26(34)32(27(35)30-28)19-25(33)29-24(21-8-3-2-4-9-21)18-31-13-15-36-16-14-31/h2-12,17,24H,13-16,18-19H2,1H3,(H,29,33)(H,30,35)/t24-,28-/m1/s1. The van der Waals surface area contributed by atoms with Crippen molar-refractivity contribution in [1.82, 2.24) is 20.4 Å². The first-order valence-electron chi connectivity index (χ1n) is 12.2. The van der Waals surface area contributed by atoms with Gasteiger partial charge in [0.05, 0.1) is 19.3 Å². The second-order valence-electron chi connectivity index (χ2n) is 9.45. The Morgan fingerprint density at radius 2 is 1.69 bits per heavy atom. The van der Waals surface area contributed by atoms with Crippen LogP contribution in [0.3, 0.4) is 0 Å². The van der Waals surface area contributed by atoms with Gasteiger partial charge in [-0.3, -0.25) is 19.4 Å². The predicted molar refractivity (Wildman–Crippen MR) is 136 cm³/mol. The average Bonchev–Trinajstić information content (AvgIpc) is 3.12. The number of ether oxygens (including phenoxy) is 1. The van der Waals surface area contributed by atoms with Crippen LogP contribution in [0.2, 0.25) is 0 Å². The summed E-state index contributed by atoms with van der Waals surface area (Å²) in [4.78, 5) is 42.6. The van der Waals surface area contributed by atoms with E-state index in [0.717, 1.165) is 34.3 Å². The number of fused-ring (bicyclic) bond motifs is 1. The molecule has 3 aromatic carbocycles. The van der Waals surface area contributed by atoms with E-state index in [9.17, 15) is 14.4 Å². The molecule has 2 aliphatic rings. The Balaban J connectivity index is 1.31. The van der Waals surface area contributed by atoms with Gasteiger partial charge in [-0.05, 0) is 34.9 Å². The van der Waals surface area contributed by atoms with Crippen molar-refractivity contribution in [2.24, 2.45) is 0 Å². The summed E-state index contributed by atoms with van der Waals surface area (Å²) in [7, 11) is 0. The Hall–Kier alpha value is -3.75. The van der Waals surface area contributed by atoms with E-state index in [1.54, 1.807) is 6.92 Å². The van der Waals surface area contributed by atoms with Crippen molar-refractivity contribution in [1.29, 1.82) is 0 Å². The summed E-state index contributed by atoms with van der Waals surface area (Å²) in [6, 6.07) is 22.4. The van der Waals surface area contributed by atoms with Gasteiger partial charge in [0.15, 0.2) is 0 Å². The van der Waals surface area contributed by atoms with E-state index in [4.69, 9.17) is 4.74 Å². The van der Waals surface area contributed by atoms with Crippen LogP contribution < -0.4 is 10.6 Å². The fourth-order valence-electron chi connectivity index (χ4n) is 4.88. The van der Waals surface area contributed by atoms with E-state index in [1.165, 1.54) is 0 Å². The topological polar surface area (TPSA) is 91.0 Å². The minimum atomic E-state index is -1.24. The highest BCUT2D eigenvalue weighted by Gasteiger charge is 2.49. The lowest BCUT2D eigenvalue weighted by atomic mass is 9.90. The van der Waals surface area contributed by atoms with Crippen molar-refractivity contribution in [3.05, 3.63) is 83.9 Å². The lowest BCUT2D eigenvalue weighted by molar-refractivity contribution is -0.135. The Morgan fingerprint density at radius 1 is 1.00 bits per heavy atom. The van der Waals surface area contributed by atoms with E-state index in [-0.39, 0.29) is 18.5 Å². The van der Waals surface area contributed by atoms with E-state index >= 15 is 0 Å². The summed E-state index contributed by atoms with van der Waals surface area (Å²) in [6.07, 6.45) is 0. The van der Waals surface area contributed by atoms with E-state index < -0.39 is 17.5 Å². The summed E-state index contributed by atoms with van der Waals surface area (Å²) in [5.41, 5.74) is 0.404. The van der Waals surface area contributed by atoms with Crippen LogP contribution in [-0.2, 0) is 19.9 Å². The molecule has 0 bridgehead atoms. The van der Waals surface area contributed by atoms with Gasteiger partial charge in [0, 0.05) is 19.6 Å². The third-order valence-corrected chi connectivity index (χ3v) is 6.99. The maximum Gasteiger partial charge on any atom is 0.325 e. The van der Waals surface area contributed by atoms with Gasteiger partial charge in [0.1, 0.15) is 12.1 Å². The molecule has 4 amide bonds. The number of urea groups is 1. The zero-order valence-electron chi connectivity index (χ0n) is 20.3. The highest BCUT2D eigenvalue weighted by Crippen LogP contribution is 2.31. The number of nitrogens with one attached hydrogen (secondary N) is 2. The molecule has 2 saturated heterocycles. The number of hydrogen-bond acceptors (Lipinski definition) is 5. The Kier molecular flexibility index (Phi) is 6.71. The maximum atomic E-state index is 13.4. The molecule has 2 heterocycles. The summed E-state index contributed by atoms with van der Waals surface area (Å²) in [5, 5.41) is 7.87. The lowest BCUT2D eigenvalue weighted by Crippen LogP contribution is -2.47. The molecule has 5 rings (SSSR count). The minimum absolute atomic E-state index is 0.274. The van der Waals surface area contributed by atoms with Crippen LogP contribution in [0.4, 0.5) is 4.79 Å². The van der Waals surface area contributed by atoms with Gasteiger partial charge in [0.25, 0.3) is 5.91 Å². The molecule has 2 N–H and O–H groups in total. The van der Waals surface area contributed by atoms with Crippen LogP contribution in [0, 0.1) is 0 Å². The monoisotopic (exact) mass is 486 g/mol. The van der Waals surface area contributed by atoms with Crippen LogP contribution in [0.15, 0.2) is 72.8 Å². The van der Waals surface area contributed by atoms with Gasteiger partial charge in [-0.2, -0.15) is 0 Å². The maximum absolute atomic E-state index is 13.4. The predicted octanol–water partition coefficient (Wildman–Crippen LogP) is 2.80. The first kappa shape index (κ1) is 24.0. The SMILES string of the molecule is C[C@]1(c2ccc3ccccc3c2)NC(=O)N(CC(=O)N[C@H](CN2CCOCC2)c2ccccc2)C1=O. The first-order chi connectivity index (χ1) is 17.4. The van der Waals surface area contributed by atoms with Crippen molar-refractivity contribution in [3.8, 4) is 0 Å². The quantitative estimate of drug-likeness (QED) is 0.501. The van der Waals surface area contributed by atoms with Gasteiger partial charge in [-0.25, -0.2) is 4.79 Å². The Morgan fingerprint density at radius 3 is 2.44 bits per heavy atom. The van der Waals surface area contributed by atoms with Crippen molar-refractivity contribution >= 4 is 28.6 Å².